The largest absolute Gasteiger partial charge is 0.426 e. The van der Waals surface area contributed by atoms with E-state index in [1.807, 2.05) is 32.0 Å². The number of para-hydroxylation sites is 1. The maximum atomic E-state index is 12.3. The van der Waals surface area contributed by atoms with Crippen molar-refractivity contribution in [1.82, 2.24) is 0 Å². The van der Waals surface area contributed by atoms with Gasteiger partial charge >= 0.3 is 5.97 Å². The zero-order chi connectivity index (χ0) is 13.2. The Labute approximate surface area is 107 Å². The summed E-state index contributed by atoms with van der Waals surface area (Å²) in [6, 6.07) is 9.07. The fourth-order valence-corrected chi connectivity index (χ4v) is 2.33. The number of rotatable bonds is 2. The third-order valence-corrected chi connectivity index (χ3v) is 3.96. The second-order valence-electron chi connectivity index (χ2n) is 5.26. The number of esters is 1. The van der Waals surface area contributed by atoms with Crippen LogP contribution >= 0.6 is 0 Å². The molecule has 2 atom stereocenters. The predicted molar refractivity (Wildman–Crippen MR) is 68.2 cm³/mol. The van der Waals surface area contributed by atoms with Crippen LogP contribution in [0.2, 0.25) is 0 Å². The van der Waals surface area contributed by atoms with Crippen LogP contribution in [0, 0.1) is 11.3 Å². The van der Waals surface area contributed by atoms with Crippen molar-refractivity contribution in [3.63, 3.8) is 0 Å². The Kier molecular flexibility index (Phi) is 3.50. The first-order valence-corrected chi connectivity index (χ1v) is 6.31. The van der Waals surface area contributed by atoms with E-state index in [-0.39, 0.29) is 17.7 Å². The van der Waals surface area contributed by atoms with E-state index >= 15 is 0 Å². The van der Waals surface area contributed by atoms with Crippen molar-refractivity contribution in [2.45, 2.75) is 33.1 Å². The first kappa shape index (κ1) is 12.8. The summed E-state index contributed by atoms with van der Waals surface area (Å²) < 4.78 is 5.41. The summed E-state index contributed by atoms with van der Waals surface area (Å²) in [6.07, 6.45) is 1.53. The highest BCUT2D eigenvalue weighted by atomic mass is 16.5. The van der Waals surface area contributed by atoms with Crippen molar-refractivity contribution >= 4 is 11.8 Å². The Balaban J connectivity index is 2.10. The summed E-state index contributed by atoms with van der Waals surface area (Å²) in [5.41, 5.74) is -0.552. The number of hydrogen-bond donors (Lipinski definition) is 0. The van der Waals surface area contributed by atoms with Gasteiger partial charge in [-0.05, 0) is 31.4 Å². The molecule has 2 unspecified atom stereocenters. The maximum Gasteiger partial charge on any atom is 0.317 e. The molecule has 0 aliphatic heterocycles. The molecule has 0 amide bonds. The van der Waals surface area contributed by atoms with Crippen molar-refractivity contribution in [2.75, 3.05) is 0 Å². The van der Waals surface area contributed by atoms with Gasteiger partial charge in [0.2, 0.25) is 0 Å². The van der Waals surface area contributed by atoms with E-state index in [1.54, 1.807) is 12.1 Å². The van der Waals surface area contributed by atoms with Crippen LogP contribution in [0.4, 0.5) is 0 Å². The summed E-state index contributed by atoms with van der Waals surface area (Å²) in [4.78, 5) is 23.7. The zero-order valence-corrected chi connectivity index (χ0v) is 10.8. The molecule has 3 heteroatoms. The number of hydrogen-bond acceptors (Lipinski definition) is 3. The fraction of sp³-hybridized carbons (Fsp3) is 0.467. The second-order valence-corrected chi connectivity index (χ2v) is 5.26. The Hall–Kier alpha value is -1.64. The van der Waals surface area contributed by atoms with Gasteiger partial charge in [-0.3, -0.25) is 9.59 Å². The molecule has 1 saturated carbocycles. The van der Waals surface area contributed by atoms with Gasteiger partial charge in [0, 0.05) is 12.8 Å². The van der Waals surface area contributed by atoms with Gasteiger partial charge in [-0.2, -0.15) is 0 Å². The van der Waals surface area contributed by atoms with Crippen LogP contribution in [0.3, 0.4) is 0 Å². The Morgan fingerprint density at radius 1 is 1.33 bits per heavy atom. The van der Waals surface area contributed by atoms with Gasteiger partial charge in [-0.1, -0.05) is 25.1 Å². The third-order valence-electron chi connectivity index (χ3n) is 3.96. The number of ether oxygens (including phenoxy) is 1. The monoisotopic (exact) mass is 246 g/mol. The summed E-state index contributed by atoms with van der Waals surface area (Å²) in [6.45, 7) is 3.85. The topological polar surface area (TPSA) is 43.4 Å². The van der Waals surface area contributed by atoms with Crippen LogP contribution in [-0.2, 0) is 9.59 Å². The lowest BCUT2D eigenvalue weighted by molar-refractivity contribution is -0.151. The van der Waals surface area contributed by atoms with Crippen molar-refractivity contribution in [2.24, 2.45) is 11.3 Å². The molecule has 2 rings (SSSR count). The highest BCUT2D eigenvalue weighted by Crippen LogP contribution is 2.40. The minimum atomic E-state index is -0.552. The van der Waals surface area contributed by atoms with E-state index in [0.29, 0.717) is 25.0 Å². The lowest BCUT2D eigenvalue weighted by Crippen LogP contribution is -2.42. The molecular weight excluding hydrogens is 228 g/mol. The van der Waals surface area contributed by atoms with Gasteiger partial charge in [-0.15, -0.1) is 0 Å². The van der Waals surface area contributed by atoms with Crippen LogP contribution in [-0.4, -0.2) is 11.8 Å². The quantitative estimate of drug-likeness (QED) is 0.595. The van der Waals surface area contributed by atoms with Gasteiger partial charge in [0.15, 0.2) is 0 Å². The fourth-order valence-electron chi connectivity index (χ4n) is 2.33. The molecule has 0 aromatic heterocycles. The lowest BCUT2D eigenvalue weighted by atomic mass is 9.68. The molecule has 0 saturated heterocycles. The molecule has 3 nitrogen and oxygen atoms in total. The van der Waals surface area contributed by atoms with Gasteiger partial charge in [0.05, 0.1) is 5.41 Å². The standard InChI is InChI=1S/C15H18O3/c1-11-10-12(16)8-9-15(11,2)14(17)18-13-6-4-3-5-7-13/h3-7,11H,8-10H2,1-2H3. The molecule has 18 heavy (non-hydrogen) atoms. The number of ketones is 1. The molecule has 0 radical (unpaired) electrons. The summed E-state index contributed by atoms with van der Waals surface area (Å²) in [5.74, 6) is 0.615. The van der Waals surface area contributed by atoms with Gasteiger partial charge < -0.3 is 4.74 Å². The lowest BCUT2D eigenvalue weighted by Gasteiger charge is -2.36. The molecule has 1 aliphatic carbocycles. The van der Waals surface area contributed by atoms with E-state index in [1.165, 1.54) is 0 Å². The number of Topliss-reactive ketones (excluding diaryl/α,β-unsaturated/α-hetero) is 1. The molecule has 1 fully saturated rings. The molecule has 0 heterocycles. The predicted octanol–water partition coefficient (Wildman–Crippen LogP) is 2.99. The van der Waals surface area contributed by atoms with E-state index in [9.17, 15) is 9.59 Å². The molecular formula is C15H18O3. The smallest absolute Gasteiger partial charge is 0.317 e. The van der Waals surface area contributed by atoms with Gasteiger partial charge in [-0.25, -0.2) is 0 Å². The normalized spacial score (nSPS) is 27.9. The molecule has 0 bridgehead atoms. The summed E-state index contributed by atoms with van der Waals surface area (Å²) >= 11 is 0. The summed E-state index contributed by atoms with van der Waals surface area (Å²) in [7, 11) is 0. The SMILES string of the molecule is CC1CC(=O)CCC1(C)C(=O)Oc1ccccc1. The van der Waals surface area contributed by atoms with E-state index in [0.717, 1.165) is 0 Å². The average Bonchev–Trinajstić information content (AvgIpc) is 2.35. The Morgan fingerprint density at radius 2 is 2.00 bits per heavy atom. The van der Waals surface area contributed by atoms with Crippen LogP contribution < -0.4 is 4.74 Å². The van der Waals surface area contributed by atoms with E-state index in [4.69, 9.17) is 4.74 Å². The van der Waals surface area contributed by atoms with Crippen molar-refractivity contribution in [1.29, 1.82) is 0 Å². The highest BCUT2D eigenvalue weighted by Gasteiger charge is 2.44. The first-order valence-electron chi connectivity index (χ1n) is 6.31. The van der Waals surface area contributed by atoms with Crippen LogP contribution in [0.25, 0.3) is 0 Å². The highest BCUT2D eigenvalue weighted by molar-refractivity contribution is 5.85. The number of carbonyl (C=O) groups excluding carboxylic acids is 2. The van der Waals surface area contributed by atoms with Crippen LogP contribution in [0.15, 0.2) is 30.3 Å². The molecule has 96 valence electrons. The second kappa shape index (κ2) is 4.92. The zero-order valence-electron chi connectivity index (χ0n) is 10.8. The first-order chi connectivity index (χ1) is 8.52. The van der Waals surface area contributed by atoms with Gasteiger partial charge in [0.1, 0.15) is 11.5 Å². The van der Waals surface area contributed by atoms with E-state index in [2.05, 4.69) is 0 Å². The molecule has 0 N–H and O–H groups in total. The number of carbonyl (C=O) groups is 2. The van der Waals surface area contributed by atoms with Crippen molar-refractivity contribution in [3.8, 4) is 5.75 Å². The molecule has 1 aromatic rings. The van der Waals surface area contributed by atoms with Crippen LogP contribution in [0.1, 0.15) is 33.1 Å². The molecule has 1 aliphatic rings. The van der Waals surface area contributed by atoms with Crippen molar-refractivity contribution < 1.29 is 14.3 Å². The molecule has 1 aromatic carbocycles. The number of benzene rings is 1. The summed E-state index contributed by atoms with van der Waals surface area (Å²) in [5, 5.41) is 0. The maximum absolute atomic E-state index is 12.3. The minimum Gasteiger partial charge on any atom is -0.426 e. The minimum absolute atomic E-state index is 0.0370. The molecule has 0 spiro atoms. The Bertz CT molecular complexity index is 452. The average molecular weight is 246 g/mol. The van der Waals surface area contributed by atoms with Crippen LogP contribution in [0.5, 0.6) is 5.75 Å². The Morgan fingerprint density at radius 3 is 2.61 bits per heavy atom. The van der Waals surface area contributed by atoms with Gasteiger partial charge in [0.25, 0.3) is 0 Å². The van der Waals surface area contributed by atoms with Crippen molar-refractivity contribution in [3.05, 3.63) is 30.3 Å². The van der Waals surface area contributed by atoms with E-state index < -0.39 is 5.41 Å². The third kappa shape index (κ3) is 2.45.